The lowest BCUT2D eigenvalue weighted by molar-refractivity contribution is -0.119. The van der Waals surface area contributed by atoms with Crippen molar-refractivity contribution in [2.24, 2.45) is 5.92 Å². The normalized spacial score (nSPS) is 19.0. The summed E-state index contributed by atoms with van der Waals surface area (Å²) >= 11 is 0. The maximum Gasteiger partial charge on any atom is 0.235 e. The molecule has 1 saturated heterocycles. The van der Waals surface area contributed by atoms with Gasteiger partial charge in [0, 0.05) is 14.4 Å². The fourth-order valence-electron chi connectivity index (χ4n) is 2.48. The number of hydrogen-bond donors (Lipinski definition) is 1. The van der Waals surface area contributed by atoms with Crippen LogP contribution in [0.4, 0.5) is 0 Å². The van der Waals surface area contributed by atoms with E-state index in [0.29, 0.717) is 6.10 Å². The zero-order chi connectivity index (χ0) is 16.6. The van der Waals surface area contributed by atoms with Crippen molar-refractivity contribution in [3.63, 3.8) is 0 Å². The minimum atomic E-state index is -3.48. The fourth-order valence-corrected chi connectivity index (χ4v) is 4.00. The van der Waals surface area contributed by atoms with E-state index < -0.39 is 15.9 Å². The molecule has 6 nitrogen and oxygen atoms in total. The molecule has 0 aliphatic carbocycles. The quantitative estimate of drug-likeness (QED) is 0.692. The first-order valence-corrected chi connectivity index (χ1v) is 9.88. The Balaban J connectivity index is 0.00000484. The Hall–Kier alpha value is -0.660. The number of hydrogen-bond acceptors (Lipinski definition) is 5. The molecule has 1 heterocycles. The fraction of sp³-hybridized carbons (Fsp3) is 0.933. The molecule has 0 aromatic rings. The summed E-state index contributed by atoms with van der Waals surface area (Å²) in [6.07, 6.45) is 3.21. The monoisotopic (exact) mass is 336 g/mol. The number of piperidine rings is 1. The molecule has 1 fully saturated rings. The van der Waals surface area contributed by atoms with Gasteiger partial charge in [0.15, 0.2) is 0 Å². The molecule has 0 saturated carbocycles. The third-order valence-electron chi connectivity index (χ3n) is 4.14. The van der Waals surface area contributed by atoms with Crippen LogP contribution in [0, 0.1) is 5.92 Å². The summed E-state index contributed by atoms with van der Waals surface area (Å²) in [6, 6.07) is 0. The van der Waals surface area contributed by atoms with Crippen molar-refractivity contribution >= 4 is 15.9 Å². The summed E-state index contributed by atoms with van der Waals surface area (Å²) in [5, 5.41) is 0. The van der Waals surface area contributed by atoms with Crippen LogP contribution >= 0.6 is 0 Å². The smallest absolute Gasteiger partial charge is 0.235 e. The predicted octanol–water partition coefficient (Wildman–Crippen LogP) is 1.62. The lowest BCUT2D eigenvalue weighted by Crippen LogP contribution is -2.40. The molecule has 0 radical (unpaired) electrons. The molecule has 1 atom stereocenters. The van der Waals surface area contributed by atoms with E-state index in [0.717, 1.165) is 45.5 Å². The maximum atomic E-state index is 11.9. The Morgan fingerprint density at radius 2 is 2.00 bits per heavy atom. The van der Waals surface area contributed by atoms with Crippen molar-refractivity contribution in [3.8, 4) is 0 Å². The van der Waals surface area contributed by atoms with E-state index in [-0.39, 0.29) is 19.5 Å². The average Bonchev–Trinajstić information content (AvgIpc) is 2.47. The summed E-state index contributed by atoms with van der Waals surface area (Å²) in [4.78, 5) is 13.5. The van der Waals surface area contributed by atoms with Crippen molar-refractivity contribution in [1.82, 2.24) is 9.62 Å². The topological polar surface area (TPSA) is 75.7 Å². The van der Waals surface area contributed by atoms with Crippen LogP contribution in [0.1, 0.15) is 47.9 Å². The van der Waals surface area contributed by atoms with Gasteiger partial charge >= 0.3 is 0 Å². The molecule has 0 aromatic carbocycles. The number of carbonyl (C=O) groups is 1. The Labute approximate surface area is 136 Å². The molecular weight excluding hydrogens is 304 g/mol. The number of rotatable bonds is 9. The molecule has 22 heavy (non-hydrogen) atoms. The lowest BCUT2D eigenvalue weighted by atomic mass is 9.99. The van der Waals surface area contributed by atoms with E-state index in [1.807, 2.05) is 0 Å². The van der Waals surface area contributed by atoms with Gasteiger partial charge in [-0.3, -0.25) is 9.52 Å². The molecule has 1 amide bonds. The predicted molar refractivity (Wildman–Crippen MR) is 89.2 cm³/mol. The number of nitrogens with one attached hydrogen (secondary N) is 1. The van der Waals surface area contributed by atoms with Crippen LogP contribution in [-0.2, 0) is 19.6 Å². The second-order valence-electron chi connectivity index (χ2n) is 6.03. The molecule has 1 rings (SSSR count). The number of carbonyl (C=O) groups excluding carboxylic acids is 1. The Bertz CT molecular complexity index is 437. The van der Waals surface area contributed by atoms with Crippen molar-refractivity contribution in [2.75, 3.05) is 32.0 Å². The maximum absolute atomic E-state index is 11.9. The minimum Gasteiger partial charge on any atom is -0.377 e. The number of amides is 1. The van der Waals surface area contributed by atoms with Gasteiger partial charge in [0.1, 0.15) is 0 Å². The number of sulfonamides is 1. The zero-order valence-corrected chi connectivity index (χ0v) is 14.8. The van der Waals surface area contributed by atoms with Crippen LogP contribution in [0.25, 0.3) is 0 Å². The highest BCUT2D eigenvalue weighted by molar-refractivity contribution is 7.90. The second kappa shape index (κ2) is 9.47. The van der Waals surface area contributed by atoms with Crippen molar-refractivity contribution in [3.05, 3.63) is 0 Å². The summed E-state index contributed by atoms with van der Waals surface area (Å²) in [5.41, 5.74) is 0. The van der Waals surface area contributed by atoms with Crippen LogP contribution in [0.5, 0.6) is 0 Å². The van der Waals surface area contributed by atoms with Gasteiger partial charge in [-0.1, -0.05) is 13.8 Å². The molecular formula is C15H32N2O4S. The largest absolute Gasteiger partial charge is 0.377 e. The second-order valence-corrected chi connectivity index (χ2v) is 7.80. The Morgan fingerprint density at radius 1 is 1.36 bits per heavy atom. The highest BCUT2D eigenvalue weighted by Crippen LogP contribution is 2.18. The summed E-state index contributed by atoms with van der Waals surface area (Å²) in [6.45, 7) is 9.23. The third kappa shape index (κ3) is 7.56. The molecule has 7 heteroatoms. The van der Waals surface area contributed by atoms with Crippen LogP contribution in [0.3, 0.4) is 0 Å². The SMILES string of the molecule is CCC(=O)NS(=O)(=O)CC1CCN(CCOC(C)CC)CC1.[HH]. The van der Waals surface area contributed by atoms with E-state index in [1.54, 1.807) is 6.92 Å². The summed E-state index contributed by atoms with van der Waals surface area (Å²) in [5.74, 6) is -0.246. The lowest BCUT2D eigenvalue weighted by Gasteiger charge is -2.31. The van der Waals surface area contributed by atoms with Crippen molar-refractivity contribution in [1.29, 1.82) is 0 Å². The molecule has 1 N–H and O–H groups in total. The molecule has 0 bridgehead atoms. The van der Waals surface area contributed by atoms with Gasteiger partial charge in [-0.05, 0) is 45.2 Å². The van der Waals surface area contributed by atoms with Crippen LogP contribution in [0.15, 0.2) is 0 Å². The molecule has 1 aliphatic heterocycles. The van der Waals surface area contributed by atoms with E-state index in [1.165, 1.54) is 0 Å². The van der Waals surface area contributed by atoms with Crippen LogP contribution in [-0.4, -0.2) is 57.3 Å². The Kier molecular flexibility index (Phi) is 8.35. The van der Waals surface area contributed by atoms with Gasteiger partial charge < -0.3 is 9.64 Å². The van der Waals surface area contributed by atoms with Gasteiger partial charge in [-0.2, -0.15) is 0 Å². The summed E-state index contributed by atoms with van der Waals surface area (Å²) < 4.78 is 31.5. The molecule has 132 valence electrons. The highest BCUT2D eigenvalue weighted by atomic mass is 32.2. The van der Waals surface area contributed by atoms with Crippen LogP contribution < -0.4 is 4.72 Å². The van der Waals surface area contributed by atoms with E-state index in [2.05, 4.69) is 23.5 Å². The summed E-state index contributed by atoms with van der Waals surface area (Å²) in [7, 11) is -3.48. The van der Waals surface area contributed by atoms with Gasteiger partial charge in [0.05, 0.1) is 18.5 Å². The molecule has 1 unspecified atom stereocenters. The molecule has 1 aliphatic rings. The molecule has 0 aromatic heterocycles. The number of likely N-dealkylation sites (tertiary alicyclic amines) is 1. The first-order chi connectivity index (χ1) is 10.4. The average molecular weight is 336 g/mol. The van der Waals surface area contributed by atoms with Gasteiger partial charge in [0.25, 0.3) is 0 Å². The highest BCUT2D eigenvalue weighted by Gasteiger charge is 2.25. The first-order valence-electron chi connectivity index (χ1n) is 8.23. The first kappa shape index (κ1) is 19.4. The van der Waals surface area contributed by atoms with E-state index >= 15 is 0 Å². The standard InChI is InChI=1S/C15H30N2O4S.H2/c1-4-13(3)21-11-10-17-8-6-14(7-9-17)12-22(19,20)16-15(18)5-2;/h13-14H,4-12H2,1-3H3,(H,16,18);1H. The number of ether oxygens (including phenoxy) is 1. The van der Waals surface area contributed by atoms with Gasteiger partial charge in [0.2, 0.25) is 15.9 Å². The number of nitrogens with zero attached hydrogens (tertiary/aromatic N) is 1. The zero-order valence-electron chi connectivity index (χ0n) is 14.0. The Morgan fingerprint density at radius 3 is 2.55 bits per heavy atom. The minimum absolute atomic E-state index is 0. The third-order valence-corrected chi connectivity index (χ3v) is 5.59. The molecule has 0 spiro atoms. The van der Waals surface area contributed by atoms with Gasteiger partial charge in [-0.15, -0.1) is 0 Å². The van der Waals surface area contributed by atoms with Crippen molar-refractivity contribution in [2.45, 2.75) is 52.6 Å². The van der Waals surface area contributed by atoms with Crippen LogP contribution in [0.2, 0.25) is 0 Å². The van der Waals surface area contributed by atoms with E-state index in [4.69, 9.17) is 4.74 Å². The van der Waals surface area contributed by atoms with Crippen molar-refractivity contribution < 1.29 is 19.4 Å². The van der Waals surface area contributed by atoms with E-state index in [9.17, 15) is 13.2 Å². The van der Waals surface area contributed by atoms with Gasteiger partial charge in [-0.25, -0.2) is 8.42 Å².